The van der Waals surface area contributed by atoms with E-state index in [1.54, 1.807) is 0 Å². The molecule has 33 heavy (non-hydrogen) atoms. The summed E-state index contributed by atoms with van der Waals surface area (Å²) >= 11 is -4.02. The number of nitrogens with zero attached hydrogens (tertiary/aromatic N) is 1. The van der Waals surface area contributed by atoms with Gasteiger partial charge in [0.2, 0.25) is 10.0 Å². The highest BCUT2D eigenvalue weighted by Gasteiger charge is 2.28. The molecule has 13 heteroatoms. The Bertz CT molecular complexity index is 1250. The van der Waals surface area contributed by atoms with Gasteiger partial charge in [0.25, 0.3) is 5.56 Å². The van der Waals surface area contributed by atoms with E-state index in [-0.39, 0.29) is 27.6 Å². The number of hydrogen-bond donors (Lipinski definition) is 3. The molecule has 0 bridgehead atoms. The number of carboxylic acids is 1. The van der Waals surface area contributed by atoms with Crippen LogP contribution < -0.4 is 15.0 Å². The van der Waals surface area contributed by atoms with Crippen LogP contribution in [-0.4, -0.2) is 46.5 Å². The van der Waals surface area contributed by atoms with E-state index in [2.05, 4.69) is 9.97 Å². The molecule has 182 valence electrons. The molecule has 1 heterocycles. The smallest absolute Gasteiger partial charge is 0.322 e. The average molecular weight is 595 g/mol. The van der Waals surface area contributed by atoms with Gasteiger partial charge in [-0.25, -0.2) is 19.5 Å². The minimum Gasteiger partial charge on any atom is -0.493 e. The summed E-state index contributed by atoms with van der Waals surface area (Å²) in [7, 11) is -4.42. The highest BCUT2D eigenvalue weighted by molar-refractivity contribution is 14.2. The zero-order valence-corrected chi connectivity index (χ0v) is 21.4. The molecule has 0 aliphatic heterocycles. The molecule has 3 N–H and O–H groups in total. The van der Waals surface area contributed by atoms with Gasteiger partial charge in [0.15, 0.2) is 0 Å². The Labute approximate surface area is 198 Å². The second-order valence-corrected chi connectivity index (χ2v) is 11.2. The monoisotopic (exact) mass is 595 g/mol. The summed E-state index contributed by atoms with van der Waals surface area (Å²) < 4.78 is 54.5. The number of carboxylic acid groups (broad SMARTS) is 1. The number of halogens is 1. The van der Waals surface area contributed by atoms with Crippen LogP contribution in [0.3, 0.4) is 0 Å². The number of ether oxygens (including phenoxy) is 1. The summed E-state index contributed by atoms with van der Waals surface area (Å²) in [6.07, 6.45) is 1.64. The number of benzene rings is 1. The first kappa shape index (κ1) is 26.9. The summed E-state index contributed by atoms with van der Waals surface area (Å²) in [5.74, 6) is -1.21. The summed E-state index contributed by atoms with van der Waals surface area (Å²) in [5, 5.41) is 9.19. The molecule has 0 fully saturated rings. The number of alkyl halides is 1. The third kappa shape index (κ3) is 6.80. The average Bonchev–Trinajstić information content (AvgIpc) is 2.75. The lowest BCUT2D eigenvalue weighted by molar-refractivity contribution is -0.138. The van der Waals surface area contributed by atoms with Crippen LogP contribution in [0.15, 0.2) is 27.9 Å². The topological polar surface area (TPSA) is 173 Å². The quantitative estimate of drug-likeness (QED) is 0.246. The van der Waals surface area contributed by atoms with E-state index >= 15 is 0 Å². The molecular formula is C20H26IN3O8S. The van der Waals surface area contributed by atoms with Crippen molar-refractivity contribution < 1.29 is 29.2 Å². The first-order chi connectivity index (χ1) is 15.5. The van der Waals surface area contributed by atoms with Crippen molar-refractivity contribution in [1.29, 1.82) is 0 Å². The maximum Gasteiger partial charge on any atom is 0.322 e. The molecule has 1 atom stereocenters. The van der Waals surface area contributed by atoms with Crippen LogP contribution in [0.4, 0.5) is 0 Å². The zero-order chi connectivity index (χ0) is 24.8. The number of aromatic nitrogens is 2. The number of aryl methyl sites for hydroxylation is 1. The fraction of sp³-hybridized carbons (Fsp3) is 0.450. The van der Waals surface area contributed by atoms with Crippen molar-refractivity contribution >= 4 is 35.8 Å². The number of H-pyrrole nitrogens is 1. The fourth-order valence-corrected chi connectivity index (χ4v) is 5.89. The third-order valence-electron chi connectivity index (χ3n) is 4.64. The van der Waals surface area contributed by atoms with Crippen molar-refractivity contribution in [1.82, 2.24) is 14.7 Å². The molecule has 1 aromatic carbocycles. The van der Waals surface area contributed by atoms with E-state index < -0.39 is 46.3 Å². The van der Waals surface area contributed by atoms with Crippen molar-refractivity contribution in [3.63, 3.8) is 0 Å². The molecule has 0 amide bonds. The van der Waals surface area contributed by atoms with Gasteiger partial charge in [-0.2, -0.15) is 4.72 Å². The van der Waals surface area contributed by atoms with E-state index in [0.29, 0.717) is 37.1 Å². The number of rotatable bonds is 12. The Morgan fingerprint density at radius 1 is 1.24 bits per heavy atom. The van der Waals surface area contributed by atoms with Crippen LogP contribution >= 0.6 is 19.8 Å². The van der Waals surface area contributed by atoms with Gasteiger partial charge in [-0.15, -0.1) is 0 Å². The lowest BCUT2D eigenvalue weighted by atomic mass is 10.1. The van der Waals surface area contributed by atoms with Gasteiger partial charge in [-0.1, -0.05) is 20.8 Å². The van der Waals surface area contributed by atoms with Crippen LogP contribution in [0.25, 0.3) is 11.4 Å². The van der Waals surface area contributed by atoms with Crippen molar-refractivity contribution in [2.45, 2.75) is 51.0 Å². The Morgan fingerprint density at radius 3 is 2.48 bits per heavy atom. The lowest BCUT2D eigenvalue weighted by Crippen LogP contribution is -2.42. The van der Waals surface area contributed by atoms with Crippen LogP contribution in [0.5, 0.6) is 5.75 Å². The number of nitrogens with one attached hydrogen (secondary N) is 2. The maximum atomic E-state index is 12.8. The van der Waals surface area contributed by atoms with Crippen LogP contribution in [-0.2, 0) is 33.8 Å². The summed E-state index contributed by atoms with van der Waals surface area (Å²) in [6.45, 7) is 5.90. The molecule has 11 nitrogen and oxygen atoms in total. The first-order valence-corrected chi connectivity index (χ1v) is 15.0. The number of carbonyl (C=O) groups is 1. The van der Waals surface area contributed by atoms with E-state index in [4.69, 9.17) is 4.74 Å². The van der Waals surface area contributed by atoms with Crippen molar-refractivity contribution in [2.24, 2.45) is 0 Å². The molecule has 1 unspecified atom stereocenters. The molecule has 0 saturated carbocycles. The van der Waals surface area contributed by atoms with Crippen molar-refractivity contribution in [2.75, 3.05) is 11.0 Å². The van der Waals surface area contributed by atoms with Crippen LogP contribution in [0.1, 0.15) is 38.4 Å². The highest BCUT2D eigenvalue weighted by Crippen LogP contribution is 2.31. The SMILES string of the molecule is CCCOc1ccc(S(=O)(=O)NC(CI(=O)=O)C(=O)O)cc1-c1nc(CC)c(CC)c(=O)[nH]1. The van der Waals surface area contributed by atoms with Crippen molar-refractivity contribution in [3.8, 4) is 17.1 Å². The van der Waals surface area contributed by atoms with Gasteiger partial charge in [-0.3, -0.25) is 9.59 Å². The van der Waals surface area contributed by atoms with Crippen molar-refractivity contribution in [3.05, 3.63) is 39.8 Å². The molecule has 0 radical (unpaired) electrons. The Morgan fingerprint density at radius 2 is 1.94 bits per heavy atom. The number of hydrogen-bond acceptors (Lipinski definition) is 8. The first-order valence-electron chi connectivity index (χ1n) is 10.2. The van der Waals surface area contributed by atoms with Gasteiger partial charge in [0.1, 0.15) is 17.6 Å². The van der Waals surface area contributed by atoms with Gasteiger partial charge in [-0.05, 0) is 37.5 Å². The van der Waals surface area contributed by atoms with Crippen LogP contribution in [0.2, 0.25) is 0 Å². The summed E-state index contributed by atoms with van der Waals surface area (Å²) in [6, 6.07) is 1.98. The fourth-order valence-electron chi connectivity index (χ4n) is 3.06. The third-order valence-corrected chi connectivity index (χ3v) is 7.71. The Balaban J connectivity index is 2.63. The largest absolute Gasteiger partial charge is 0.493 e. The highest BCUT2D eigenvalue weighted by atomic mass is 127. The predicted octanol–water partition coefficient (Wildman–Crippen LogP) is 2.28. The molecule has 0 aliphatic carbocycles. The van der Waals surface area contributed by atoms with Gasteiger partial charge < -0.3 is 14.8 Å². The van der Waals surface area contributed by atoms with E-state index in [1.165, 1.54) is 18.2 Å². The molecule has 1 aromatic heterocycles. The molecule has 0 saturated heterocycles. The number of aromatic amines is 1. The number of sulfonamides is 1. The lowest BCUT2D eigenvalue weighted by Gasteiger charge is -2.16. The molecular weight excluding hydrogens is 569 g/mol. The standard InChI is InChI=1S/C20H26IN3O8S/c1-4-9-32-17-8-7-12(33(30,31)24-16(20(26)27)11-21(28)29)10-14(17)18-22-15(6-3)13(5-2)19(25)23-18/h7-8,10,16,24H,4-6,9,11H2,1-3H3,(H,26,27)(H,22,23,25). The second kappa shape index (κ2) is 11.7. The molecule has 2 rings (SSSR count). The minimum absolute atomic E-state index is 0.111. The predicted molar refractivity (Wildman–Crippen MR) is 127 cm³/mol. The molecule has 0 aliphatic rings. The van der Waals surface area contributed by atoms with E-state index in [0.717, 1.165) is 0 Å². The van der Waals surface area contributed by atoms with E-state index in [9.17, 15) is 29.3 Å². The van der Waals surface area contributed by atoms with Gasteiger partial charge in [0, 0.05) is 5.56 Å². The zero-order valence-electron chi connectivity index (χ0n) is 18.4. The maximum absolute atomic E-state index is 12.8. The molecule has 2 aromatic rings. The Kier molecular flexibility index (Phi) is 9.48. The van der Waals surface area contributed by atoms with E-state index in [1.807, 2.05) is 25.5 Å². The second-order valence-electron chi connectivity index (χ2n) is 7.00. The van der Waals surface area contributed by atoms with Crippen LogP contribution in [0, 0.1) is 0 Å². The summed E-state index contributed by atoms with van der Waals surface area (Å²) in [4.78, 5) is 30.7. The molecule has 0 spiro atoms. The minimum atomic E-state index is -4.42. The number of aliphatic carboxylic acids is 1. The van der Waals surface area contributed by atoms with Gasteiger partial charge >= 0.3 is 25.8 Å². The summed E-state index contributed by atoms with van der Waals surface area (Å²) in [5.41, 5.74) is 0.952. The Hall–Kier alpha value is -2.39. The normalized spacial score (nSPS) is 12.6. The van der Waals surface area contributed by atoms with Gasteiger partial charge in [0.05, 0.1) is 27.2 Å².